The highest BCUT2D eigenvalue weighted by Gasteiger charge is 1.96. The second kappa shape index (κ2) is 9.73. The van der Waals surface area contributed by atoms with Crippen LogP contribution in [0.25, 0.3) is 0 Å². The lowest BCUT2D eigenvalue weighted by Gasteiger charge is -2.06. The summed E-state index contributed by atoms with van der Waals surface area (Å²) in [6.07, 6.45) is 4.11. The van der Waals surface area contributed by atoms with E-state index in [1.807, 2.05) is 24.3 Å². The van der Waals surface area contributed by atoms with Crippen molar-refractivity contribution in [1.82, 2.24) is 0 Å². The second-order valence-electron chi connectivity index (χ2n) is 4.40. The summed E-state index contributed by atoms with van der Waals surface area (Å²) in [6.45, 7) is 2.70. The van der Waals surface area contributed by atoms with Gasteiger partial charge in [-0.05, 0) is 43.4 Å². The van der Waals surface area contributed by atoms with Crippen molar-refractivity contribution in [2.24, 2.45) is 0 Å². The van der Waals surface area contributed by atoms with Crippen molar-refractivity contribution in [2.75, 3.05) is 13.2 Å². The van der Waals surface area contributed by atoms with Gasteiger partial charge in [-0.25, -0.2) is 0 Å². The van der Waals surface area contributed by atoms with E-state index in [0.29, 0.717) is 6.61 Å². The van der Waals surface area contributed by atoms with E-state index < -0.39 is 0 Å². The molecule has 0 spiro atoms. The third-order valence-electron chi connectivity index (χ3n) is 2.72. The molecule has 1 aromatic carbocycles. The predicted octanol–water partition coefficient (Wildman–Crippen LogP) is 3.62. The van der Waals surface area contributed by atoms with E-state index in [4.69, 9.17) is 9.47 Å². The monoisotopic (exact) mass is 282 g/mol. The van der Waals surface area contributed by atoms with E-state index in [1.54, 1.807) is 0 Å². The molecule has 0 aromatic heterocycles. The lowest BCUT2D eigenvalue weighted by molar-refractivity contribution is -0.141. The first-order chi connectivity index (χ1) is 9.22. The molecule has 0 fully saturated rings. The lowest BCUT2D eigenvalue weighted by atomic mass is 10.2. The maximum atomic E-state index is 10.5. The summed E-state index contributed by atoms with van der Waals surface area (Å²) in [5.41, 5.74) is 1.20. The molecule has 0 radical (unpaired) electrons. The Balaban J connectivity index is 1.99. The molecule has 0 atom stereocenters. The Morgan fingerprint density at radius 3 is 2.26 bits per heavy atom. The maximum Gasteiger partial charge on any atom is 0.302 e. The van der Waals surface area contributed by atoms with E-state index in [2.05, 4.69) is 12.6 Å². The molecule has 0 N–H and O–H groups in total. The Morgan fingerprint density at radius 2 is 1.68 bits per heavy atom. The number of carbonyl (C=O) groups excluding carboxylic acids is 1. The maximum absolute atomic E-state index is 10.5. The van der Waals surface area contributed by atoms with E-state index >= 15 is 0 Å². The number of esters is 1. The van der Waals surface area contributed by atoms with Crippen LogP contribution in [0, 0.1) is 0 Å². The van der Waals surface area contributed by atoms with E-state index in [1.165, 1.54) is 12.5 Å². The zero-order valence-electron chi connectivity index (χ0n) is 11.4. The quantitative estimate of drug-likeness (QED) is 0.427. The molecule has 0 aliphatic rings. The molecule has 0 amide bonds. The van der Waals surface area contributed by atoms with Gasteiger partial charge in [-0.15, -0.1) is 0 Å². The van der Waals surface area contributed by atoms with E-state index in [0.717, 1.165) is 43.8 Å². The molecule has 0 saturated heterocycles. The number of hydrogen-bond acceptors (Lipinski definition) is 4. The summed E-state index contributed by atoms with van der Waals surface area (Å²) in [6, 6.07) is 8.02. The van der Waals surface area contributed by atoms with Gasteiger partial charge in [0.15, 0.2) is 0 Å². The number of thiol groups is 1. The second-order valence-corrected chi connectivity index (χ2v) is 4.72. The van der Waals surface area contributed by atoms with Crippen molar-refractivity contribution in [2.45, 2.75) is 38.4 Å². The average molecular weight is 282 g/mol. The molecule has 3 nitrogen and oxygen atoms in total. The molecule has 0 bridgehead atoms. The molecule has 19 heavy (non-hydrogen) atoms. The van der Waals surface area contributed by atoms with E-state index in [9.17, 15) is 4.79 Å². The summed E-state index contributed by atoms with van der Waals surface area (Å²) in [5, 5.41) is 0. The number of rotatable bonds is 9. The van der Waals surface area contributed by atoms with Crippen molar-refractivity contribution in [1.29, 1.82) is 0 Å². The van der Waals surface area contributed by atoms with Crippen LogP contribution < -0.4 is 4.74 Å². The minimum absolute atomic E-state index is 0.201. The van der Waals surface area contributed by atoms with Crippen LogP contribution in [0.2, 0.25) is 0 Å². The van der Waals surface area contributed by atoms with Crippen LogP contribution in [-0.4, -0.2) is 19.2 Å². The summed E-state index contributed by atoms with van der Waals surface area (Å²) in [5.74, 6) is 1.46. The fourth-order valence-corrected chi connectivity index (χ4v) is 1.87. The third kappa shape index (κ3) is 7.78. The Bertz CT molecular complexity index is 362. The number of benzene rings is 1. The molecule has 1 aromatic rings. The van der Waals surface area contributed by atoms with Crippen molar-refractivity contribution in [3.63, 3.8) is 0 Å². The molecule has 4 heteroatoms. The van der Waals surface area contributed by atoms with Crippen molar-refractivity contribution in [3.8, 4) is 5.75 Å². The minimum Gasteiger partial charge on any atom is -0.494 e. The number of hydrogen-bond donors (Lipinski definition) is 1. The molecule has 0 heterocycles. The third-order valence-corrected chi connectivity index (χ3v) is 3.08. The highest BCUT2D eigenvalue weighted by atomic mass is 32.1. The smallest absolute Gasteiger partial charge is 0.302 e. The topological polar surface area (TPSA) is 35.5 Å². The summed E-state index contributed by atoms with van der Waals surface area (Å²) < 4.78 is 10.5. The highest BCUT2D eigenvalue weighted by Crippen LogP contribution is 2.14. The lowest BCUT2D eigenvalue weighted by Crippen LogP contribution is -2.01. The molecule has 106 valence electrons. The van der Waals surface area contributed by atoms with E-state index in [-0.39, 0.29) is 5.97 Å². The van der Waals surface area contributed by atoms with Crippen molar-refractivity contribution < 1.29 is 14.3 Å². The first-order valence-electron chi connectivity index (χ1n) is 6.68. The molecule has 0 aliphatic heterocycles. The summed E-state index contributed by atoms with van der Waals surface area (Å²) in [4.78, 5) is 10.5. The van der Waals surface area contributed by atoms with Gasteiger partial charge in [-0.3, -0.25) is 4.79 Å². The first kappa shape index (κ1) is 15.9. The summed E-state index contributed by atoms with van der Waals surface area (Å²) >= 11 is 4.21. The summed E-state index contributed by atoms with van der Waals surface area (Å²) in [7, 11) is 0. The van der Waals surface area contributed by atoms with Gasteiger partial charge in [-0.2, -0.15) is 12.6 Å². The van der Waals surface area contributed by atoms with Gasteiger partial charge >= 0.3 is 5.97 Å². The zero-order chi connectivity index (χ0) is 13.9. The highest BCUT2D eigenvalue weighted by molar-refractivity contribution is 7.79. The van der Waals surface area contributed by atoms with Gasteiger partial charge in [0.05, 0.1) is 13.2 Å². The Morgan fingerprint density at radius 1 is 1.05 bits per heavy atom. The predicted molar refractivity (Wildman–Crippen MR) is 79.7 cm³/mol. The average Bonchev–Trinajstić information content (AvgIpc) is 2.42. The van der Waals surface area contributed by atoms with Crippen LogP contribution in [0.1, 0.15) is 38.2 Å². The SMILES string of the molecule is CC(=O)OCCCCCCOc1ccc(CS)cc1. The van der Waals surface area contributed by atoms with Gasteiger partial charge in [-0.1, -0.05) is 12.1 Å². The van der Waals surface area contributed by atoms with Crippen LogP contribution in [0.15, 0.2) is 24.3 Å². The standard InChI is InChI=1S/C15H22O3S/c1-13(16)17-10-4-2-3-5-11-18-15-8-6-14(12-19)7-9-15/h6-9,19H,2-5,10-12H2,1H3. The van der Waals surface area contributed by atoms with Gasteiger partial charge < -0.3 is 9.47 Å². The Kier molecular flexibility index (Phi) is 8.14. The zero-order valence-corrected chi connectivity index (χ0v) is 12.3. The van der Waals surface area contributed by atoms with Crippen molar-refractivity contribution in [3.05, 3.63) is 29.8 Å². The fourth-order valence-electron chi connectivity index (χ4n) is 1.65. The van der Waals surface area contributed by atoms with Gasteiger partial charge in [0, 0.05) is 12.7 Å². The molecular weight excluding hydrogens is 260 g/mol. The molecule has 0 unspecified atom stereocenters. The number of carbonyl (C=O) groups is 1. The van der Waals surface area contributed by atoms with Crippen LogP contribution in [0.4, 0.5) is 0 Å². The number of ether oxygens (including phenoxy) is 2. The van der Waals surface area contributed by atoms with Gasteiger partial charge in [0.25, 0.3) is 0 Å². The van der Waals surface area contributed by atoms with Gasteiger partial charge in [0.2, 0.25) is 0 Å². The van der Waals surface area contributed by atoms with Crippen molar-refractivity contribution >= 4 is 18.6 Å². The largest absolute Gasteiger partial charge is 0.494 e. The van der Waals surface area contributed by atoms with Crippen LogP contribution in [0.3, 0.4) is 0 Å². The van der Waals surface area contributed by atoms with Crippen LogP contribution in [-0.2, 0) is 15.3 Å². The van der Waals surface area contributed by atoms with Crippen LogP contribution in [0.5, 0.6) is 5.75 Å². The van der Waals surface area contributed by atoms with Crippen LogP contribution >= 0.6 is 12.6 Å². The van der Waals surface area contributed by atoms with Gasteiger partial charge in [0.1, 0.15) is 5.75 Å². The molecule has 0 saturated carbocycles. The molecule has 0 aliphatic carbocycles. The Labute approximate surface area is 120 Å². The Hall–Kier alpha value is -1.16. The fraction of sp³-hybridized carbons (Fsp3) is 0.533. The minimum atomic E-state index is -0.201. The first-order valence-corrected chi connectivity index (χ1v) is 7.31. The normalized spacial score (nSPS) is 10.2. The number of unbranched alkanes of at least 4 members (excludes halogenated alkanes) is 3. The molecular formula is C15H22O3S. The molecule has 1 rings (SSSR count).